The van der Waals surface area contributed by atoms with E-state index in [0.29, 0.717) is 15.6 Å². The molecule has 9 heteroatoms. The number of halogens is 1. The summed E-state index contributed by atoms with van der Waals surface area (Å²) in [7, 11) is 0. The SMILES string of the molecule is CC(=O)Oc1cc2c(cc1Br)CN([C@@H](CCC(=O)OC(C)(C)C)C(N)=O)C2=O. The van der Waals surface area contributed by atoms with Gasteiger partial charge in [-0.15, -0.1) is 0 Å². The van der Waals surface area contributed by atoms with Gasteiger partial charge in [-0.3, -0.25) is 19.2 Å². The maximum absolute atomic E-state index is 12.8. The Kier molecular flexibility index (Phi) is 6.48. The molecule has 28 heavy (non-hydrogen) atoms. The standard InChI is InChI=1S/C19H23BrN2O6/c1-10(23)27-15-8-12-11(7-13(15)20)9-22(18(12)26)14(17(21)25)5-6-16(24)28-19(2,3)4/h7-8,14H,5-6,9H2,1-4H3,(H2,21,25)/t14-/m0/s1. The number of carbonyl (C=O) groups excluding carboxylic acids is 4. The minimum Gasteiger partial charge on any atom is -0.460 e. The second kappa shape index (κ2) is 8.30. The molecule has 1 heterocycles. The fraction of sp³-hybridized carbons (Fsp3) is 0.474. The smallest absolute Gasteiger partial charge is 0.308 e. The number of esters is 2. The van der Waals surface area contributed by atoms with Gasteiger partial charge in [0.1, 0.15) is 17.4 Å². The van der Waals surface area contributed by atoms with Crippen LogP contribution in [0.5, 0.6) is 5.75 Å². The van der Waals surface area contributed by atoms with Crippen molar-refractivity contribution in [1.82, 2.24) is 4.90 Å². The summed E-state index contributed by atoms with van der Waals surface area (Å²) in [5, 5.41) is 0. The monoisotopic (exact) mass is 454 g/mol. The minimum absolute atomic E-state index is 0.0482. The normalized spacial score (nSPS) is 14.5. The van der Waals surface area contributed by atoms with Crippen molar-refractivity contribution in [2.75, 3.05) is 0 Å². The van der Waals surface area contributed by atoms with Crippen LogP contribution in [-0.4, -0.2) is 40.3 Å². The first-order valence-corrected chi connectivity index (χ1v) is 9.51. The lowest BCUT2D eigenvalue weighted by Crippen LogP contribution is -2.45. The Hall–Kier alpha value is -2.42. The van der Waals surface area contributed by atoms with E-state index >= 15 is 0 Å². The van der Waals surface area contributed by atoms with E-state index in [1.807, 2.05) is 0 Å². The highest BCUT2D eigenvalue weighted by atomic mass is 79.9. The summed E-state index contributed by atoms with van der Waals surface area (Å²) in [6.45, 7) is 6.66. The molecule has 2 rings (SSSR count). The van der Waals surface area contributed by atoms with Gasteiger partial charge in [-0.1, -0.05) is 0 Å². The van der Waals surface area contributed by atoms with E-state index in [0.717, 1.165) is 0 Å². The maximum atomic E-state index is 12.8. The van der Waals surface area contributed by atoms with E-state index in [1.54, 1.807) is 26.8 Å². The van der Waals surface area contributed by atoms with Crippen molar-refractivity contribution < 1.29 is 28.7 Å². The molecule has 152 valence electrons. The third-order valence-electron chi connectivity index (χ3n) is 3.99. The van der Waals surface area contributed by atoms with Crippen molar-refractivity contribution in [2.45, 2.75) is 58.7 Å². The summed E-state index contributed by atoms with van der Waals surface area (Å²) in [6, 6.07) is 2.16. The largest absolute Gasteiger partial charge is 0.460 e. The van der Waals surface area contributed by atoms with E-state index in [2.05, 4.69) is 15.9 Å². The van der Waals surface area contributed by atoms with Gasteiger partial charge in [-0.05, 0) is 60.8 Å². The number of fused-ring (bicyclic) bond motifs is 1. The van der Waals surface area contributed by atoms with Crippen LogP contribution in [0.25, 0.3) is 0 Å². The van der Waals surface area contributed by atoms with Gasteiger partial charge < -0.3 is 20.1 Å². The average molecular weight is 455 g/mol. The van der Waals surface area contributed by atoms with Crippen LogP contribution < -0.4 is 10.5 Å². The Morgan fingerprint density at radius 2 is 1.93 bits per heavy atom. The Labute approximate surface area is 171 Å². The Morgan fingerprint density at radius 3 is 2.46 bits per heavy atom. The lowest BCUT2D eigenvalue weighted by atomic mass is 10.1. The molecule has 1 aromatic rings. The molecule has 2 amide bonds. The molecule has 0 unspecified atom stereocenters. The van der Waals surface area contributed by atoms with Gasteiger partial charge in [0.05, 0.1) is 4.47 Å². The van der Waals surface area contributed by atoms with Gasteiger partial charge in [0, 0.05) is 25.5 Å². The van der Waals surface area contributed by atoms with Crippen molar-refractivity contribution in [3.05, 3.63) is 27.7 Å². The average Bonchev–Trinajstić information content (AvgIpc) is 2.82. The van der Waals surface area contributed by atoms with Crippen molar-refractivity contribution in [1.29, 1.82) is 0 Å². The number of nitrogens with two attached hydrogens (primary N) is 1. The molecule has 1 aromatic carbocycles. The van der Waals surface area contributed by atoms with Gasteiger partial charge >= 0.3 is 11.9 Å². The fourth-order valence-corrected chi connectivity index (χ4v) is 3.39. The van der Waals surface area contributed by atoms with Crippen LogP contribution in [0, 0.1) is 0 Å². The molecule has 0 radical (unpaired) electrons. The molecule has 2 N–H and O–H groups in total. The molecule has 0 aliphatic carbocycles. The fourth-order valence-electron chi connectivity index (χ4n) is 2.92. The van der Waals surface area contributed by atoms with Crippen LogP contribution in [0.2, 0.25) is 0 Å². The molecule has 1 aliphatic rings. The van der Waals surface area contributed by atoms with Crippen molar-refractivity contribution in [2.24, 2.45) is 5.73 Å². The number of nitrogens with zero attached hydrogens (tertiary/aromatic N) is 1. The molecule has 1 atom stereocenters. The molecule has 8 nitrogen and oxygen atoms in total. The summed E-state index contributed by atoms with van der Waals surface area (Å²) >= 11 is 3.30. The molecule has 0 saturated carbocycles. The summed E-state index contributed by atoms with van der Waals surface area (Å²) in [5.41, 5.74) is 5.83. The topological polar surface area (TPSA) is 116 Å². The van der Waals surface area contributed by atoms with Crippen molar-refractivity contribution in [3.8, 4) is 5.75 Å². The molecule has 0 aromatic heterocycles. The molecule has 0 spiro atoms. The van der Waals surface area contributed by atoms with Crippen molar-refractivity contribution in [3.63, 3.8) is 0 Å². The van der Waals surface area contributed by atoms with Gasteiger partial charge in [-0.2, -0.15) is 0 Å². The second-order valence-corrected chi connectivity index (χ2v) is 8.36. The number of amides is 2. The van der Waals surface area contributed by atoms with E-state index in [4.69, 9.17) is 15.2 Å². The first-order valence-electron chi connectivity index (χ1n) is 8.72. The first-order chi connectivity index (χ1) is 12.9. The number of rotatable bonds is 6. The Morgan fingerprint density at radius 1 is 1.29 bits per heavy atom. The quantitative estimate of drug-likeness (QED) is 0.520. The number of carbonyl (C=O) groups is 4. The van der Waals surface area contributed by atoms with E-state index < -0.39 is 35.4 Å². The van der Waals surface area contributed by atoms with Crippen LogP contribution in [0.4, 0.5) is 0 Å². The summed E-state index contributed by atoms with van der Waals surface area (Å²) in [6.07, 6.45) is 0.00927. The second-order valence-electron chi connectivity index (χ2n) is 7.51. The summed E-state index contributed by atoms with van der Waals surface area (Å²) < 4.78 is 10.8. The number of primary amides is 1. The molecular weight excluding hydrogens is 432 g/mol. The van der Waals surface area contributed by atoms with Gasteiger partial charge in [-0.25, -0.2) is 0 Å². The molecular formula is C19H23BrN2O6. The summed E-state index contributed by atoms with van der Waals surface area (Å²) in [5.74, 6) is -1.89. The van der Waals surface area contributed by atoms with Crippen LogP contribution in [0.3, 0.4) is 0 Å². The van der Waals surface area contributed by atoms with Crippen LogP contribution >= 0.6 is 15.9 Å². The highest BCUT2D eigenvalue weighted by molar-refractivity contribution is 9.10. The van der Waals surface area contributed by atoms with Crippen LogP contribution in [0.1, 0.15) is 56.5 Å². The third kappa shape index (κ3) is 5.31. The Bertz CT molecular complexity index is 830. The zero-order valence-corrected chi connectivity index (χ0v) is 17.8. The first kappa shape index (κ1) is 21.9. The van der Waals surface area contributed by atoms with E-state index in [-0.39, 0.29) is 25.1 Å². The van der Waals surface area contributed by atoms with E-state index in [9.17, 15) is 19.2 Å². The van der Waals surface area contributed by atoms with Crippen LogP contribution in [-0.2, 0) is 25.7 Å². The highest BCUT2D eigenvalue weighted by Gasteiger charge is 2.36. The third-order valence-corrected chi connectivity index (χ3v) is 4.61. The zero-order chi connectivity index (χ0) is 21.2. The van der Waals surface area contributed by atoms with Crippen LogP contribution in [0.15, 0.2) is 16.6 Å². The lowest BCUT2D eigenvalue weighted by molar-refractivity contribution is -0.155. The van der Waals surface area contributed by atoms with Crippen molar-refractivity contribution >= 4 is 39.7 Å². The molecule has 0 bridgehead atoms. The number of hydrogen-bond acceptors (Lipinski definition) is 6. The molecule has 0 fully saturated rings. The minimum atomic E-state index is -0.955. The Balaban J connectivity index is 2.18. The number of ether oxygens (including phenoxy) is 2. The van der Waals surface area contributed by atoms with Gasteiger partial charge in [0.15, 0.2) is 0 Å². The van der Waals surface area contributed by atoms with Gasteiger partial charge in [0.2, 0.25) is 5.91 Å². The highest BCUT2D eigenvalue weighted by Crippen LogP contribution is 2.35. The molecule has 1 aliphatic heterocycles. The predicted molar refractivity (Wildman–Crippen MR) is 103 cm³/mol. The lowest BCUT2D eigenvalue weighted by Gasteiger charge is -2.25. The van der Waals surface area contributed by atoms with Gasteiger partial charge in [0.25, 0.3) is 5.91 Å². The molecule has 0 saturated heterocycles. The maximum Gasteiger partial charge on any atom is 0.308 e. The van der Waals surface area contributed by atoms with E-state index in [1.165, 1.54) is 17.9 Å². The number of benzene rings is 1. The zero-order valence-electron chi connectivity index (χ0n) is 16.2. The summed E-state index contributed by atoms with van der Waals surface area (Å²) in [4.78, 5) is 49.3. The number of hydrogen-bond donors (Lipinski definition) is 1. The predicted octanol–water partition coefficient (Wildman–Crippen LogP) is 2.31.